The van der Waals surface area contributed by atoms with Gasteiger partial charge in [-0.2, -0.15) is 0 Å². The number of fused-ring (bicyclic) bond motifs is 2. The van der Waals surface area contributed by atoms with Crippen molar-refractivity contribution in [3.63, 3.8) is 0 Å². The average molecular weight is 485 g/mol. The number of hydrogen-bond acceptors (Lipinski definition) is 6. The van der Waals surface area contributed by atoms with Crippen molar-refractivity contribution in [3.8, 4) is 0 Å². The quantitative estimate of drug-likeness (QED) is 0.377. The molecule has 3 N–H and O–H groups in total. The number of nitrogens with zero attached hydrogens (tertiary/aromatic N) is 3. The molecule has 1 unspecified atom stereocenters. The highest BCUT2D eigenvalue weighted by Crippen LogP contribution is 2.31. The van der Waals surface area contributed by atoms with Gasteiger partial charge in [0, 0.05) is 30.5 Å². The number of aryl methyl sites for hydroxylation is 1. The number of carbonyl (C=O) groups is 1. The number of aromatic nitrogens is 2. The summed E-state index contributed by atoms with van der Waals surface area (Å²) in [6.45, 7) is 6.87. The Morgan fingerprint density at radius 1 is 1.11 bits per heavy atom. The Kier molecular flexibility index (Phi) is 5.97. The minimum atomic E-state index is -1.01. The van der Waals surface area contributed by atoms with Crippen molar-refractivity contribution in [3.05, 3.63) is 104 Å². The molecule has 0 spiro atoms. The molecule has 1 atom stereocenters. The predicted molar refractivity (Wildman–Crippen MR) is 139 cm³/mol. The number of carboxylic acids is 1. The molecule has 8 heteroatoms. The number of para-hydroxylation sites is 1. The fourth-order valence-electron chi connectivity index (χ4n) is 4.91. The minimum Gasteiger partial charge on any atom is -0.478 e. The molecule has 0 saturated carbocycles. The van der Waals surface area contributed by atoms with Gasteiger partial charge in [0.2, 0.25) is 0 Å². The van der Waals surface area contributed by atoms with Crippen molar-refractivity contribution < 1.29 is 15.0 Å². The Morgan fingerprint density at radius 3 is 2.61 bits per heavy atom. The van der Waals surface area contributed by atoms with Crippen LogP contribution in [0, 0.1) is 13.8 Å². The minimum absolute atomic E-state index is 0.0134. The number of pyridine rings is 1. The van der Waals surface area contributed by atoms with Gasteiger partial charge >= 0.3 is 5.97 Å². The maximum atomic E-state index is 13.5. The van der Waals surface area contributed by atoms with E-state index in [9.17, 15) is 19.8 Å². The second-order valence-corrected chi connectivity index (χ2v) is 9.37. The average Bonchev–Trinajstić information content (AvgIpc) is 3.29. The van der Waals surface area contributed by atoms with Crippen molar-refractivity contribution in [2.24, 2.45) is 0 Å². The Morgan fingerprint density at radius 2 is 1.86 bits per heavy atom. The van der Waals surface area contributed by atoms with Crippen molar-refractivity contribution in [2.45, 2.75) is 46.5 Å². The van der Waals surface area contributed by atoms with E-state index in [0.29, 0.717) is 35.8 Å². The second kappa shape index (κ2) is 9.13. The van der Waals surface area contributed by atoms with Crippen LogP contribution in [0.15, 0.2) is 59.5 Å². The molecule has 1 aliphatic rings. The summed E-state index contributed by atoms with van der Waals surface area (Å²) in [5, 5.41) is 22.4. The highest BCUT2D eigenvalue weighted by molar-refractivity contribution is 5.94. The number of benzene rings is 2. The third-order valence-corrected chi connectivity index (χ3v) is 6.76. The highest BCUT2D eigenvalue weighted by Gasteiger charge is 2.25. The van der Waals surface area contributed by atoms with Gasteiger partial charge in [0.15, 0.2) is 0 Å². The molecule has 2 aromatic carbocycles. The Hall–Kier alpha value is -4.17. The molecule has 5 rings (SSSR count). The molecule has 8 nitrogen and oxygen atoms in total. The molecule has 0 aliphatic carbocycles. The van der Waals surface area contributed by atoms with Gasteiger partial charge in [0.25, 0.3) is 5.56 Å². The molecule has 184 valence electrons. The fourth-order valence-corrected chi connectivity index (χ4v) is 4.91. The number of hydrogen-bond donors (Lipinski definition) is 3. The van der Waals surface area contributed by atoms with Gasteiger partial charge in [-0.15, -0.1) is 0 Å². The summed E-state index contributed by atoms with van der Waals surface area (Å²) in [6.07, 6.45) is 1.79. The summed E-state index contributed by atoms with van der Waals surface area (Å²) in [7, 11) is 0. The molecule has 1 aliphatic heterocycles. The lowest BCUT2D eigenvalue weighted by atomic mass is 10.1. The number of aliphatic hydroxyl groups is 1. The summed E-state index contributed by atoms with van der Waals surface area (Å²) in [6, 6.07) is 14.4. The van der Waals surface area contributed by atoms with E-state index in [2.05, 4.69) is 10.2 Å². The zero-order valence-electron chi connectivity index (χ0n) is 20.4. The molecule has 4 aromatic rings. The standard InChI is InChI=1S/C28H28N4O4/c1-16-10-23(18(3)29-24-7-5-4-6-22(24)28(35)36)26-30-25(17(2)27(34)32(26)12-16)31-13-20-9-8-19(15-33)11-21(20)14-31/h4-12,18,29,33H,13-15H2,1-3H3,(H,35,36). The summed E-state index contributed by atoms with van der Waals surface area (Å²) in [5.74, 6) is -0.380. The van der Waals surface area contributed by atoms with Crippen LogP contribution in [0.25, 0.3) is 5.65 Å². The number of rotatable bonds is 6. The first-order valence-electron chi connectivity index (χ1n) is 11.9. The summed E-state index contributed by atoms with van der Waals surface area (Å²) in [4.78, 5) is 32.2. The number of aliphatic hydroxyl groups excluding tert-OH is 1. The second-order valence-electron chi connectivity index (χ2n) is 9.37. The lowest BCUT2D eigenvalue weighted by Crippen LogP contribution is -2.27. The third kappa shape index (κ3) is 4.09. The number of nitrogens with one attached hydrogen (secondary N) is 1. The largest absolute Gasteiger partial charge is 0.478 e. The number of aromatic carboxylic acids is 1. The third-order valence-electron chi connectivity index (χ3n) is 6.76. The van der Waals surface area contributed by atoms with E-state index in [-0.39, 0.29) is 23.8 Å². The summed E-state index contributed by atoms with van der Waals surface area (Å²) >= 11 is 0. The molecule has 3 heterocycles. The Labute approximate surface area is 208 Å². The molecule has 0 saturated heterocycles. The van der Waals surface area contributed by atoms with Gasteiger partial charge < -0.3 is 20.4 Å². The smallest absolute Gasteiger partial charge is 0.337 e. The zero-order valence-corrected chi connectivity index (χ0v) is 20.4. The lowest BCUT2D eigenvalue weighted by Gasteiger charge is -2.23. The van der Waals surface area contributed by atoms with Crippen LogP contribution in [-0.2, 0) is 19.7 Å². The fraction of sp³-hybridized carbons (Fsp3) is 0.250. The Balaban J connectivity index is 1.58. The van der Waals surface area contributed by atoms with Crippen molar-refractivity contribution in [1.82, 2.24) is 9.38 Å². The zero-order chi connectivity index (χ0) is 25.6. The van der Waals surface area contributed by atoms with Crippen LogP contribution in [-0.4, -0.2) is 25.6 Å². The van der Waals surface area contributed by atoms with Gasteiger partial charge in [-0.25, -0.2) is 9.78 Å². The van der Waals surface area contributed by atoms with E-state index in [1.807, 2.05) is 38.1 Å². The SMILES string of the molecule is Cc1cc(C(C)Nc2ccccc2C(=O)O)c2nc(N3Cc4ccc(CO)cc4C3)c(C)c(=O)n2c1. The van der Waals surface area contributed by atoms with E-state index in [1.54, 1.807) is 41.8 Å². The topological polar surface area (TPSA) is 107 Å². The highest BCUT2D eigenvalue weighted by atomic mass is 16.4. The molecular formula is C28H28N4O4. The molecule has 0 amide bonds. The normalized spacial score (nSPS) is 13.6. The molecule has 2 aromatic heterocycles. The van der Waals surface area contributed by atoms with E-state index in [1.165, 1.54) is 0 Å². The van der Waals surface area contributed by atoms with Crippen LogP contribution in [0.1, 0.15) is 56.7 Å². The first kappa shape index (κ1) is 23.6. The molecular weight excluding hydrogens is 456 g/mol. The van der Waals surface area contributed by atoms with Crippen LogP contribution in [0.5, 0.6) is 0 Å². The number of carboxylic acid groups (broad SMARTS) is 1. The van der Waals surface area contributed by atoms with E-state index in [4.69, 9.17) is 4.98 Å². The first-order valence-corrected chi connectivity index (χ1v) is 11.9. The molecule has 36 heavy (non-hydrogen) atoms. The van der Waals surface area contributed by atoms with Crippen LogP contribution in [0.2, 0.25) is 0 Å². The van der Waals surface area contributed by atoms with Crippen LogP contribution in [0.3, 0.4) is 0 Å². The van der Waals surface area contributed by atoms with Crippen molar-refractivity contribution in [1.29, 1.82) is 0 Å². The van der Waals surface area contributed by atoms with Crippen LogP contribution >= 0.6 is 0 Å². The van der Waals surface area contributed by atoms with Gasteiger partial charge in [0.05, 0.1) is 23.8 Å². The maximum absolute atomic E-state index is 13.5. The Bertz CT molecular complexity index is 1560. The van der Waals surface area contributed by atoms with Gasteiger partial charge in [-0.3, -0.25) is 9.20 Å². The monoisotopic (exact) mass is 484 g/mol. The van der Waals surface area contributed by atoms with E-state index in [0.717, 1.165) is 27.8 Å². The predicted octanol–water partition coefficient (Wildman–Crippen LogP) is 4.20. The number of anilines is 2. The van der Waals surface area contributed by atoms with Gasteiger partial charge in [0.1, 0.15) is 11.5 Å². The van der Waals surface area contributed by atoms with Gasteiger partial charge in [-0.05, 0) is 61.2 Å². The molecule has 0 radical (unpaired) electrons. The first-order chi connectivity index (χ1) is 17.3. The van der Waals surface area contributed by atoms with Crippen molar-refractivity contribution >= 4 is 23.1 Å². The maximum Gasteiger partial charge on any atom is 0.337 e. The summed E-state index contributed by atoms with van der Waals surface area (Å²) in [5.41, 5.74) is 6.48. The lowest BCUT2D eigenvalue weighted by molar-refractivity contribution is 0.0698. The van der Waals surface area contributed by atoms with Crippen LogP contribution < -0.4 is 15.8 Å². The summed E-state index contributed by atoms with van der Waals surface area (Å²) < 4.78 is 1.58. The molecule has 0 bridgehead atoms. The van der Waals surface area contributed by atoms with E-state index < -0.39 is 5.97 Å². The van der Waals surface area contributed by atoms with Gasteiger partial charge in [-0.1, -0.05) is 30.3 Å². The van der Waals surface area contributed by atoms with Crippen LogP contribution in [0.4, 0.5) is 11.5 Å². The van der Waals surface area contributed by atoms with Crippen molar-refractivity contribution in [2.75, 3.05) is 10.2 Å². The molecule has 0 fully saturated rings. The van der Waals surface area contributed by atoms with E-state index >= 15 is 0 Å².